The molecule has 0 fully saturated rings. The van der Waals surface area contributed by atoms with Gasteiger partial charge in [0.2, 0.25) is 5.78 Å². The molecule has 34 heavy (non-hydrogen) atoms. The van der Waals surface area contributed by atoms with Crippen molar-refractivity contribution in [3.05, 3.63) is 93.3 Å². The molecular weight excluding hydrogens is 485 g/mol. The number of thioether (sulfide) groups is 1. The lowest BCUT2D eigenvalue weighted by atomic mass is 10.0. The minimum atomic E-state index is -4.42. The Labute approximate surface area is 201 Å². The van der Waals surface area contributed by atoms with Crippen LogP contribution < -0.4 is 5.32 Å². The van der Waals surface area contributed by atoms with E-state index < -0.39 is 23.5 Å². The molecule has 0 aliphatic rings. The maximum atomic E-state index is 12.9. The summed E-state index contributed by atoms with van der Waals surface area (Å²) in [6.07, 6.45) is -3.20. The first-order valence-corrected chi connectivity index (χ1v) is 11.6. The third-order valence-corrected chi connectivity index (χ3v) is 6.49. The van der Waals surface area contributed by atoms with Gasteiger partial charge in [-0.25, -0.2) is 4.79 Å². The van der Waals surface area contributed by atoms with Gasteiger partial charge in [0.05, 0.1) is 18.4 Å². The molecule has 0 aliphatic carbocycles. The lowest BCUT2D eigenvalue weighted by Crippen LogP contribution is -2.06. The quantitative estimate of drug-likeness (QED) is 0.124. The summed E-state index contributed by atoms with van der Waals surface area (Å²) in [6, 6.07) is 15.0. The number of rotatable bonds is 8. The number of allylic oxidation sites excluding steroid dienone is 1. The number of ketones is 1. The highest BCUT2D eigenvalue weighted by atomic mass is 32.2. The van der Waals surface area contributed by atoms with Gasteiger partial charge in [-0.2, -0.15) is 18.4 Å². The minimum absolute atomic E-state index is 0.176. The topological polar surface area (TPSA) is 79.2 Å². The fourth-order valence-electron chi connectivity index (χ4n) is 2.86. The Morgan fingerprint density at radius 2 is 1.94 bits per heavy atom. The number of thiophene rings is 1. The second-order valence-electron chi connectivity index (χ2n) is 6.81. The Morgan fingerprint density at radius 1 is 1.18 bits per heavy atom. The van der Waals surface area contributed by atoms with Crippen molar-refractivity contribution in [2.45, 2.75) is 16.8 Å². The number of halogens is 3. The van der Waals surface area contributed by atoms with Crippen LogP contribution in [0.4, 0.5) is 18.9 Å². The number of esters is 1. The average molecular weight is 503 g/mol. The monoisotopic (exact) mass is 502 g/mol. The molecule has 5 nitrogen and oxygen atoms in total. The minimum Gasteiger partial charge on any atom is -0.465 e. The average Bonchev–Trinajstić information content (AvgIpc) is 3.31. The number of benzene rings is 2. The van der Waals surface area contributed by atoms with Crippen LogP contribution in [-0.4, -0.2) is 18.9 Å². The molecule has 0 unspecified atom stereocenters. The summed E-state index contributed by atoms with van der Waals surface area (Å²) in [4.78, 5) is 25.4. The molecule has 0 saturated carbocycles. The molecule has 0 bridgehead atoms. The summed E-state index contributed by atoms with van der Waals surface area (Å²) in [7, 11) is 1.25. The van der Waals surface area contributed by atoms with Crippen molar-refractivity contribution in [2.24, 2.45) is 0 Å². The van der Waals surface area contributed by atoms with Gasteiger partial charge in [0.25, 0.3) is 0 Å². The second-order valence-corrected chi connectivity index (χ2v) is 8.78. The van der Waals surface area contributed by atoms with Crippen LogP contribution in [0.3, 0.4) is 0 Å². The molecule has 1 N–H and O–H groups in total. The lowest BCUT2D eigenvalue weighted by molar-refractivity contribution is -0.137. The van der Waals surface area contributed by atoms with Crippen molar-refractivity contribution in [3.8, 4) is 6.07 Å². The molecule has 3 rings (SSSR count). The third-order valence-electron chi connectivity index (χ3n) is 4.53. The number of hydrogen-bond donors (Lipinski definition) is 1. The smallest absolute Gasteiger partial charge is 0.416 e. The second kappa shape index (κ2) is 11.0. The van der Waals surface area contributed by atoms with Gasteiger partial charge in [0.1, 0.15) is 16.5 Å². The van der Waals surface area contributed by atoms with Gasteiger partial charge in [0.15, 0.2) is 0 Å². The first-order valence-electron chi connectivity index (χ1n) is 9.69. The molecule has 0 spiro atoms. The van der Waals surface area contributed by atoms with Crippen LogP contribution in [0.1, 0.15) is 31.2 Å². The van der Waals surface area contributed by atoms with Gasteiger partial charge in [-0.15, -0.1) is 23.1 Å². The molecule has 174 valence electrons. The molecule has 2 aromatic carbocycles. The molecule has 1 aromatic heterocycles. The highest BCUT2D eigenvalue weighted by molar-refractivity contribution is 7.98. The highest BCUT2D eigenvalue weighted by Crippen LogP contribution is 2.33. The largest absolute Gasteiger partial charge is 0.465 e. The first-order chi connectivity index (χ1) is 16.2. The number of carbonyl (C=O) groups excluding carboxylic acids is 2. The molecule has 0 saturated heterocycles. The summed E-state index contributed by atoms with van der Waals surface area (Å²) in [6.45, 7) is 0. The summed E-state index contributed by atoms with van der Waals surface area (Å²) in [5, 5.41) is 13.9. The number of nitriles is 1. The van der Waals surface area contributed by atoms with Crippen molar-refractivity contribution in [3.63, 3.8) is 0 Å². The number of carbonyl (C=O) groups is 2. The Balaban J connectivity index is 1.72. The molecule has 0 radical (unpaired) electrons. The van der Waals surface area contributed by atoms with Crippen LogP contribution in [-0.2, 0) is 16.7 Å². The molecule has 3 aromatic rings. The van der Waals surface area contributed by atoms with Gasteiger partial charge in [0, 0.05) is 22.4 Å². The Hall–Kier alpha value is -3.55. The van der Waals surface area contributed by atoms with Crippen LogP contribution in [0.5, 0.6) is 0 Å². The van der Waals surface area contributed by atoms with Crippen molar-refractivity contribution < 1.29 is 27.5 Å². The number of hydrogen-bond acceptors (Lipinski definition) is 7. The van der Waals surface area contributed by atoms with E-state index in [-0.39, 0.29) is 11.1 Å². The van der Waals surface area contributed by atoms with Crippen molar-refractivity contribution in [1.82, 2.24) is 0 Å². The van der Waals surface area contributed by atoms with E-state index in [0.717, 1.165) is 23.5 Å². The Bertz CT molecular complexity index is 1280. The fraction of sp³-hybridized carbons (Fsp3) is 0.125. The van der Waals surface area contributed by atoms with Crippen LogP contribution >= 0.6 is 23.1 Å². The van der Waals surface area contributed by atoms with E-state index in [2.05, 4.69) is 5.32 Å². The van der Waals surface area contributed by atoms with E-state index in [1.54, 1.807) is 41.8 Å². The zero-order valence-corrected chi connectivity index (χ0v) is 19.3. The van der Waals surface area contributed by atoms with Crippen LogP contribution in [0.25, 0.3) is 0 Å². The van der Waals surface area contributed by atoms with Crippen molar-refractivity contribution in [1.29, 1.82) is 5.26 Å². The standard InChI is InChI=1S/C24H17F3N2O3S2/c1-32-23(31)22-20(8-9-33-22)29-13-17(12-28)21(30)16-5-2-4-15(10-16)14-34-19-7-3-6-18(11-19)24(25,26)27/h2-11,13,29H,14H2,1H3/b17-13-. The third kappa shape index (κ3) is 6.27. The van der Waals surface area contributed by atoms with Crippen LogP contribution in [0.2, 0.25) is 0 Å². The molecule has 0 amide bonds. The Morgan fingerprint density at radius 3 is 2.65 bits per heavy atom. The molecule has 0 aliphatic heterocycles. The first kappa shape index (κ1) is 25.1. The van der Waals surface area contributed by atoms with Gasteiger partial charge >= 0.3 is 12.1 Å². The maximum absolute atomic E-state index is 12.9. The number of anilines is 1. The van der Waals surface area contributed by atoms with Crippen molar-refractivity contribution in [2.75, 3.05) is 12.4 Å². The van der Waals surface area contributed by atoms with E-state index in [1.807, 2.05) is 6.07 Å². The summed E-state index contributed by atoms with van der Waals surface area (Å²) in [5.74, 6) is -0.735. The zero-order chi connectivity index (χ0) is 24.7. The van der Waals surface area contributed by atoms with E-state index in [4.69, 9.17) is 4.74 Å². The maximum Gasteiger partial charge on any atom is 0.416 e. The normalized spacial score (nSPS) is 11.6. The number of nitrogens with zero attached hydrogens (tertiary/aromatic N) is 1. The molecule has 0 atom stereocenters. The van der Waals surface area contributed by atoms with Gasteiger partial charge in [-0.1, -0.05) is 24.3 Å². The number of alkyl halides is 3. The number of ether oxygens (including phenoxy) is 1. The highest BCUT2D eigenvalue weighted by Gasteiger charge is 2.30. The van der Waals surface area contributed by atoms with Gasteiger partial charge < -0.3 is 10.1 Å². The SMILES string of the molecule is COC(=O)c1sccc1N/C=C(/C#N)C(=O)c1cccc(CSc2cccc(C(F)(F)F)c2)c1. The number of Topliss-reactive ketones (excluding diaryl/α,β-unsaturated/α-hetero) is 1. The molecule has 10 heteroatoms. The molecule has 1 heterocycles. The van der Waals surface area contributed by atoms with E-state index in [0.29, 0.717) is 26.8 Å². The van der Waals surface area contributed by atoms with Gasteiger partial charge in [-0.05, 0) is 41.3 Å². The predicted octanol–water partition coefficient (Wildman–Crippen LogP) is 6.55. The van der Waals surface area contributed by atoms with Crippen LogP contribution in [0.15, 0.2) is 76.6 Å². The zero-order valence-electron chi connectivity index (χ0n) is 17.7. The van der Waals surface area contributed by atoms with E-state index >= 15 is 0 Å². The number of nitrogens with one attached hydrogen (secondary N) is 1. The van der Waals surface area contributed by atoms with Gasteiger partial charge in [-0.3, -0.25) is 4.79 Å². The van der Waals surface area contributed by atoms with E-state index in [9.17, 15) is 28.0 Å². The summed E-state index contributed by atoms with van der Waals surface area (Å²) in [5.41, 5.74) is 0.478. The molecular formula is C24H17F3N2O3S2. The number of methoxy groups -OCH3 is 1. The summed E-state index contributed by atoms with van der Waals surface area (Å²) < 4.78 is 43.4. The van der Waals surface area contributed by atoms with Crippen molar-refractivity contribution >= 4 is 40.5 Å². The van der Waals surface area contributed by atoms with E-state index in [1.165, 1.54) is 31.1 Å². The predicted molar refractivity (Wildman–Crippen MR) is 125 cm³/mol. The fourth-order valence-corrected chi connectivity index (χ4v) is 4.53. The van der Waals surface area contributed by atoms with Crippen LogP contribution in [0, 0.1) is 11.3 Å². The Kier molecular flexibility index (Phi) is 8.15. The summed E-state index contributed by atoms with van der Waals surface area (Å²) >= 11 is 2.36. The lowest BCUT2D eigenvalue weighted by Gasteiger charge is -2.09.